The highest BCUT2D eigenvalue weighted by atomic mass is 16.3. The first-order valence-electron chi connectivity index (χ1n) is 3.92. The van der Waals surface area contributed by atoms with E-state index in [1.165, 1.54) is 0 Å². The minimum atomic E-state index is 0.0120. The first-order chi connectivity index (χ1) is 5.83. The molecule has 3 heteroatoms. The summed E-state index contributed by atoms with van der Waals surface area (Å²) in [6, 6.07) is 7.06. The fourth-order valence-corrected chi connectivity index (χ4v) is 0.974. The van der Waals surface area contributed by atoms with E-state index >= 15 is 0 Å². The lowest BCUT2D eigenvalue weighted by atomic mass is 10.1. The van der Waals surface area contributed by atoms with Gasteiger partial charge in [-0.1, -0.05) is 12.1 Å². The van der Waals surface area contributed by atoms with E-state index in [4.69, 9.17) is 10.2 Å². The van der Waals surface area contributed by atoms with Crippen molar-refractivity contribution in [1.29, 1.82) is 0 Å². The minimum absolute atomic E-state index is 0.0120. The van der Waals surface area contributed by atoms with Gasteiger partial charge in [0.15, 0.2) is 0 Å². The van der Waals surface area contributed by atoms with Gasteiger partial charge >= 0.3 is 0 Å². The van der Waals surface area contributed by atoms with Gasteiger partial charge in [0, 0.05) is 6.54 Å². The molecule has 0 aliphatic heterocycles. The van der Waals surface area contributed by atoms with E-state index in [1.807, 2.05) is 12.1 Å². The highest BCUT2D eigenvalue weighted by molar-refractivity contribution is 5.25. The molecule has 0 spiro atoms. The van der Waals surface area contributed by atoms with Crippen molar-refractivity contribution >= 4 is 0 Å². The van der Waals surface area contributed by atoms with Crippen molar-refractivity contribution in [2.75, 3.05) is 13.3 Å². The first kappa shape index (κ1) is 9.03. The topological polar surface area (TPSA) is 52.5 Å². The van der Waals surface area contributed by atoms with Crippen LogP contribution in [0.3, 0.4) is 0 Å². The van der Waals surface area contributed by atoms with E-state index in [-0.39, 0.29) is 12.5 Å². The number of phenols is 1. The molecule has 0 aliphatic carbocycles. The maximum absolute atomic E-state index is 8.97. The predicted molar refractivity (Wildman–Crippen MR) is 46.9 cm³/mol. The molecule has 0 saturated heterocycles. The zero-order chi connectivity index (χ0) is 8.81. The Kier molecular flexibility index (Phi) is 3.57. The molecular weight excluding hydrogens is 154 g/mol. The quantitative estimate of drug-likeness (QED) is 0.451. The molecule has 3 N–H and O–H groups in total. The van der Waals surface area contributed by atoms with Crippen molar-refractivity contribution in [2.24, 2.45) is 0 Å². The highest BCUT2D eigenvalue weighted by Crippen LogP contribution is 2.09. The number of aliphatic hydroxyl groups is 1. The van der Waals surface area contributed by atoms with Crippen molar-refractivity contribution in [3.05, 3.63) is 29.8 Å². The number of rotatable bonds is 4. The number of benzene rings is 1. The number of hydrogen-bond donors (Lipinski definition) is 3. The normalized spacial score (nSPS) is 10.1. The van der Waals surface area contributed by atoms with E-state index < -0.39 is 0 Å². The van der Waals surface area contributed by atoms with Crippen LogP contribution in [0.15, 0.2) is 24.3 Å². The third kappa shape index (κ3) is 2.90. The van der Waals surface area contributed by atoms with Gasteiger partial charge in [0.25, 0.3) is 0 Å². The molecule has 12 heavy (non-hydrogen) atoms. The van der Waals surface area contributed by atoms with Crippen LogP contribution in [0.5, 0.6) is 5.75 Å². The zero-order valence-corrected chi connectivity index (χ0v) is 6.83. The number of phenolic OH excluding ortho intramolecular Hbond substituents is 1. The van der Waals surface area contributed by atoms with Crippen LogP contribution >= 0.6 is 0 Å². The van der Waals surface area contributed by atoms with Crippen LogP contribution in [0.2, 0.25) is 0 Å². The molecule has 1 aromatic rings. The minimum Gasteiger partial charge on any atom is -0.508 e. The van der Waals surface area contributed by atoms with Crippen LogP contribution in [-0.4, -0.2) is 23.5 Å². The van der Waals surface area contributed by atoms with Gasteiger partial charge in [0.05, 0.1) is 6.73 Å². The summed E-state index contributed by atoms with van der Waals surface area (Å²) in [4.78, 5) is 0. The lowest BCUT2D eigenvalue weighted by Crippen LogP contribution is -2.17. The maximum atomic E-state index is 8.97. The van der Waals surface area contributed by atoms with Crippen molar-refractivity contribution < 1.29 is 10.2 Å². The van der Waals surface area contributed by atoms with Gasteiger partial charge in [0.2, 0.25) is 0 Å². The Morgan fingerprint density at radius 1 is 1.17 bits per heavy atom. The zero-order valence-electron chi connectivity index (χ0n) is 6.83. The van der Waals surface area contributed by atoms with Gasteiger partial charge in [-0.05, 0) is 24.1 Å². The van der Waals surface area contributed by atoms with Gasteiger partial charge in [-0.15, -0.1) is 0 Å². The molecule has 1 rings (SSSR count). The average Bonchev–Trinajstić information content (AvgIpc) is 2.09. The van der Waals surface area contributed by atoms with Crippen molar-refractivity contribution in [3.8, 4) is 5.75 Å². The molecule has 0 radical (unpaired) electrons. The molecule has 3 nitrogen and oxygen atoms in total. The van der Waals surface area contributed by atoms with Crippen LogP contribution in [0.25, 0.3) is 0 Å². The molecule has 66 valence electrons. The molecule has 1 aromatic carbocycles. The Morgan fingerprint density at radius 3 is 2.42 bits per heavy atom. The molecule has 0 heterocycles. The Morgan fingerprint density at radius 2 is 1.83 bits per heavy atom. The second kappa shape index (κ2) is 4.74. The highest BCUT2D eigenvalue weighted by Gasteiger charge is 1.91. The Hall–Kier alpha value is -1.06. The molecule has 0 amide bonds. The van der Waals surface area contributed by atoms with E-state index in [9.17, 15) is 0 Å². The van der Waals surface area contributed by atoms with Gasteiger partial charge in [-0.2, -0.15) is 0 Å². The van der Waals surface area contributed by atoms with E-state index in [0.29, 0.717) is 0 Å². The van der Waals surface area contributed by atoms with Crippen LogP contribution in [0.1, 0.15) is 5.56 Å². The fourth-order valence-electron chi connectivity index (χ4n) is 0.974. The third-order valence-electron chi connectivity index (χ3n) is 1.64. The van der Waals surface area contributed by atoms with Gasteiger partial charge in [0.1, 0.15) is 5.75 Å². The van der Waals surface area contributed by atoms with E-state index in [2.05, 4.69) is 5.32 Å². The van der Waals surface area contributed by atoms with Crippen LogP contribution in [0, 0.1) is 0 Å². The van der Waals surface area contributed by atoms with Gasteiger partial charge in [-0.3, -0.25) is 5.32 Å². The summed E-state index contributed by atoms with van der Waals surface area (Å²) in [5, 5.41) is 20.2. The summed E-state index contributed by atoms with van der Waals surface area (Å²) in [7, 11) is 0. The van der Waals surface area contributed by atoms with E-state index in [0.717, 1.165) is 18.5 Å². The standard InChI is InChI=1S/C9H13NO2/c11-7-10-6-5-8-1-3-9(12)4-2-8/h1-4,10-12H,5-7H2. The second-order valence-corrected chi connectivity index (χ2v) is 2.57. The molecule has 0 aromatic heterocycles. The molecule has 0 unspecified atom stereocenters. The van der Waals surface area contributed by atoms with Crippen LogP contribution < -0.4 is 5.32 Å². The summed E-state index contributed by atoms with van der Waals surface area (Å²) < 4.78 is 0. The summed E-state index contributed by atoms with van der Waals surface area (Å²) in [5.41, 5.74) is 1.15. The SMILES string of the molecule is OCNCCc1ccc(O)cc1. The lowest BCUT2D eigenvalue weighted by molar-refractivity contribution is 0.262. The molecular formula is C9H13NO2. The Labute approximate surface area is 71.7 Å². The summed E-state index contributed by atoms with van der Waals surface area (Å²) in [6.45, 7) is 0.763. The Balaban J connectivity index is 2.37. The lowest BCUT2D eigenvalue weighted by Gasteiger charge is -2.01. The van der Waals surface area contributed by atoms with Crippen molar-refractivity contribution in [1.82, 2.24) is 5.32 Å². The summed E-state index contributed by atoms with van der Waals surface area (Å²) in [5.74, 6) is 0.286. The number of nitrogens with one attached hydrogen (secondary N) is 1. The first-order valence-corrected chi connectivity index (χ1v) is 3.92. The fraction of sp³-hybridized carbons (Fsp3) is 0.333. The summed E-state index contributed by atoms with van der Waals surface area (Å²) >= 11 is 0. The van der Waals surface area contributed by atoms with Crippen molar-refractivity contribution in [3.63, 3.8) is 0 Å². The molecule has 0 fully saturated rings. The number of aliphatic hydroxyl groups excluding tert-OH is 1. The predicted octanol–water partition coefficient (Wildman–Crippen LogP) is 0.474. The van der Waals surface area contributed by atoms with Crippen LogP contribution in [-0.2, 0) is 6.42 Å². The van der Waals surface area contributed by atoms with Crippen LogP contribution in [0.4, 0.5) is 0 Å². The number of aromatic hydroxyl groups is 1. The monoisotopic (exact) mass is 167 g/mol. The summed E-state index contributed by atoms with van der Waals surface area (Å²) in [6.07, 6.45) is 0.862. The Bertz CT molecular complexity index is 220. The van der Waals surface area contributed by atoms with E-state index in [1.54, 1.807) is 12.1 Å². The van der Waals surface area contributed by atoms with Gasteiger partial charge < -0.3 is 10.2 Å². The maximum Gasteiger partial charge on any atom is 0.115 e. The van der Waals surface area contributed by atoms with Gasteiger partial charge in [-0.25, -0.2) is 0 Å². The molecule has 0 bridgehead atoms. The molecule has 0 aliphatic rings. The number of hydrogen-bond acceptors (Lipinski definition) is 3. The smallest absolute Gasteiger partial charge is 0.115 e. The molecule has 0 atom stereocenters. The second-order valence-electron chi connectivity index (χ2n) is 2.57. The third-order valence-corrected chi connectivity index (χ3v) is 1.64. The molecule has 0 saturated carbocycles. The largest absolute Gasteiger partial charge is 0.508 e. The van der Waals surface area contributed by atoms with Crippen molar-refractivity contribution in [2.45, 2.75) is 6.42 Å². The average molecular weight is 167 g/mol.